The van der Waals surface area contributed by atoms with Gasteiger partial charge in [-0.1, -0.05) is 29.8 Å². The van der Waals surface area contributed by atoms with Crippen molar-refractivity contribution >= 4 is 41.3 Å². The molecule has 0 saturated carbocycles. The Kier molecular flexibility index (Phi) is 8.84. The number of nitrogens with one attached hydrogen (secondary N) is 2. The first-order valence-corrected chi connectivity index (χ1v) is 10.0. The van der Waals surface area contributed by atoms with Crippen LogP contribution in [-0.4, -0.2) is 24.5 Å². The maximum Gasteiger partial charge on any atom is 0.191 e. The quantitative estimate of drug-likeness (QED) is 0.279. The Balaban J connectivity index is 0.00000243. The van der Waals surface area contributed by atoms with E-state index in [1.807, 2.05) is 18.4 Å². The number of halogens is 1. The van der Waals surface area contributed by atoms with Crippen molar-refractivity contribution in [2.45, 2.75) is 52.0 Å². The fraction of sp³-hybridized carbons (Fsp3) is 0.500. The summed E-state index contributed by atoms with van der Waals surface area (Å²) in [6.45, 7) is 3.81. The molecule has 0 unspecified atom stereocenters. The first kappa shape index (κ1) is 21.2. The maximum absolute atomic E-state index is 4.82. The summed E-state index contributed by atoms with van der Waals surface area (Å²) in [5, 5.41) is 8.07. The van der Waals surface area contributed by atoms with Crippen molar-refractivity contribution in [1.29, 1.82) is 0 Å². The van der Waals surface area contributed by atoms with Crippen LogP contribution in [0.25, 0.3) is 0 Å². The zero-order valence-corrected chi connectivity index (χ0v) is 18.8. The van der Waals surface area contributed by atoms with Gasteiger partial charge in [-0.05, 0) is 44.6 Å². The van der Waals surface area contributed by atoms with E-state index in [1.54, 1.807) is 0 Å². The average molecular weight is 484 g/mol. The number of aromatic nitrogens is 1. The molecule has 0 saturated heterocycles. The van der Waals surface area contributed by atoms with Gasteiger partial charge in [-0.15, -0.1) is 35.3 Å². The van der Waals surface area contributed by atoms with Crippen LogP contribution in [0.2, 0.25) is 0 Å². The lowest BCUT2D eigenvalue weighted by molar-refractivity contribution is 0.678. The molecule has 1 aliphatic carbocycles. The summed E-state index contributed by atoms with van der Waals surface area (Å²) >= 11 is 1.92. The van der Waals surface area contributed by atoms with Crippen molar-refractivity contribution in [2.24, 2.45) is 4.99 Å². The number of aryl methyl sites for hydroxylation is 4. The number of rotatable bonds is 6. The molecule has 1 heterocycles. The predicted molar refractivity (Wildman–Crippen MR) is 122 cm³/mol. The van der Waals surface area contributed by atoms with Crippen molar-refractivity contribution in [3.8, 4) is 0 Å². The normalized spacial score (nSPS) is 13.7. The number of aliphatic imine (C=N–C) groups is 1. The van der Waals surface area contributed by atoms with Crippen molar-refractivity contribution in [2.75, 3.05) is 13.6 Å². The van der Waals surface area contributed by atoms with Gasteiger partial charge in [0.2, 0.25) is 0 Å². The van der Waals surface area contributed by atoms with Gasteiger partial charge in [-0.3, -0.25) is 4.99 Å². The molecule has 0 aliphatic heterocycles. The highest BCUT2D eigenvalue weighted by Gasteiger charge is 2.14. The second-order valence-electron chi connectivity index (χ2n) is 6.63. The molecule has 26 heavy (non-hydrogen) atoms. The van der Waals surface area contributed by atoms with Gasteiger partial charge < -0.3 is 10.6 Å². The molecule has 0 fully saturated rings. The van der Waals surface area contributed by atoms with E-state index in [1.165, 1.54) is 52.4 Å². The molecular weight excluding hydrogens is 455 g/mol. The van der Waals surface area contributed by atoms with E-state index in [2.05, 4.69) is 46.8 Å². The lowest BCUT2D eigenvalue weighted by Gasteiger charge is -2.11. The van der Waals surface area contributed by atoms with E-state index in [0.29, 0.717) is 0 Å². The molecule has 0 spiro atoms. The highest BCUT2D eigenvalue weighted by atomic mass is 127. The summed E-state index contributed by atoms with van der Waals surface area (Å²) in [5.74, 6) is 0.860. The number of fused-ring (bicyclic) bond motifs is 1. The van der Waals surface area contributed by atoms with Crippen LogP contribution in [0.5, 0.6) is 0 Å². The molecule has 0 amide bonds. The van der Waals surface area contributed by atoms with Crippen LogP contribution in [0.1, 0.15) is 46.0 Å². The zero-order valence-electron chi connectivity index (χ0n) is 15.7. The molecule has 1 aromatic heterocycles. The maximum atomic E-state index is 4.82. The van der Waals surface area contributed by atoms with Gasteiger partial charge in [0.05, 0.1) is 10.7 Å². The van der Waals surface area contributed by atoms with Gasteiger partial charge in [0.1, 0.15) is 0 Å². The molecule has 1 aromatic carbocycles. The lowest BCUT2D eigenvalue weighted by Crippen LogP contribution is -2.37. The van der Waals surface area contributed by atoms with E-state index < -0.39 is 0 Å². The summed E-state index contributed by atoms with van der Waals surface area (Å²) in [4.78, 5) is 10.6. The van der Waals surface area contributed by atoms with Crippen molar-refractivity contribution in [3.05, 3.63) is 51.0 Å². The molecule has 6 heteroatoms. The molecule has 2 aromatic rings. The van der Waals surface area contributed by atoms with E-state index >= 15 is 0 Å². The third kappa shape index (κ3) is 6.23. The summed E-state index contributed by atoms with van der Waals surface area (Å²) in [6.07, 6.45) is 7.19. The van der Waals surface area contributed by atoms with Crippen molar-refractivity contribution in [3.63, 3.8) is 0 Å². The van der Waals surface area contributed by atoms with Gasteiger partial charge in [-0.2, -0.15) is 0 Å². The molecule has 2 N–H and O–H groups in total. The molecule has 142 valence electrons. The van der Waals surface area contributed by atoms with Gasteiger partial charge in [-0.25, -0.2) is 4.98 Å². The second kappa shape index (κ2) is 10.9. The van der Waals surface area contributed by atoms with Crippen LogP contribution in [0.3, 0.4) is 0 Å². The van der Waals surface area contributed by atoms with Crippen LogP contribution < -0.4 is 10.6 Å². The average Bonchev–Trinajstić information content (AvgIpc) is 3.05. The van der Waals surface area contributed by atoms with E-state index in [4.69, 9.17) is 4.98 Å². The molecule has 0 radical (unpaired) electrons. The first-order chi connectivity index (χ1) is 12.2. The second-order valence-corrected chi connectivity index (χ2v) is 7.79. The minimum atomic E-state index is 0. The molecule has 1 aliphatic rings. The fourth-order valence-electron chi connectivity index (χ4n) is 3.07. The number of thiazole rings is 1. The Bertz CT molecular complexity index is 686. The van der Waals surface area contributed by atoms with Crippen LogP contribution >= 0.6 is 35.3 Å². The minimum absolute atomic E-state index is 0. The SMILES string of the molecule is CN=C(NCCCc1nc2c(s1)CCCC2)NCc1ccc(C)cc1.I. The number of nitrogens with zero attached hydrogens (tertiary/aromatic N) is 2. The summed E-state index contributed by atoms with van der Waals surface area (Å²) in [5.41, 5.74) is 3.92. The standard InChI is InChI=1S/C20H28N4S.HI/c1-15-9-11-16(12-10-15)14-23-20(21-2)22-13-5-8-19-24-17-6-3-4-7-18(17)25-19;/h9-12H,3-8,13-14H2,1-2H3,(H2,21,22,23);1H. The number of hydrogen-bond donors (Lipinski definition) is 2. The first-order valence-electron chi connectivity index (χ1n) is 9.22. The molecule has 0 atom stereocenters. The number of hydrogen-bond acceptors (Lipinski definition) is 3. The minimum Gasteiger partial charge on any atom is -0.356 e. The Morgan fingerprint density at radius 3 is 2.65 bits per heavy atom. The van der Waals surface area contributed by atoms with Gasteiger partial charge >= 0.3 is 0 Å². The zero-order chi connectivity index (χ0) is 17.5. The molecule has 0 bridgehead atoms. The van der Waals surface area contributed by atoms with Crippen LogP contribution in [-0.2, 0) is 25.8 Å². The third-order valence-corrected chi connectivity index (χ3v) is 5.77. The van der Waals surface area contributed by atoms with Gasteiger partial charge in [0, 0.05) is 31.4 Å². The molecule has 4 nitrogen and oxygen atoms in total. The smallest absolute Gasteiger partial charge is 0.191 e. The topological polar surface area (TPSA) is 49.3 Å². The van der Waals surface area contributed by atoms with Crippen molar-refractivity contribution < 1.29 is 0 Å². The third-order valence-electron chi connectivity index (χ3n) is 4.55. The van der Waals surface area contributed by atoms with E-state index in [9.17, 15) is 0 Å². The van der Waals surface area contributed by atoms with E-state index in [0.717, 1.165) is 31.9 Å². The van der Waals surface area contributed by atoms with Crippen molar-refractivity contribution in [1.82, 2.24) is 15.6 Å². The Morgan fingerprint density at radius 1 is 1.15 bits per heavy atom. The molecule has 3 rings (SSSR count). The molecular formula is C20H29IN4S. The highest BCUT2D eigenvalue weighted by Crippen LogP contribution is 2.27. The fourth-order valence-corrected chi connectivity index (χ4v) is 4.27. The van der Waals surface area contributed by atoms with E-state index in [-0.39, 0.29) is 24.0 Å². The van der Waals surface area contributed by atoms with Crippen LogP contribution in [0, 0.1) is 6.92 Å². The highest BCUT2D eigenvalue weighted by molar-refractivity contribution is 14.0. The number of guanidine groups is 1. The van der Waals surface area contributed by atoms with Crippen LogP contribution in [0.15, 0.2) is 29.3 Å². The Hall–Kier alpha value is -1.15. The number of benzene rings is 1. The van der Waals surface area contributed by atoms with Gasteiger partial charge in [0.15, 0.2) is 5.96 Å². The summed E-state index contributed by atoms with van der Waals surface area (Å²) < 4.78 is 0. The van der Waals surface area contributed by atoms with Gasteiger partial charge in [0.25, 0.3) is 0 Å². The summed E-state index contributed by atoms with van der Waals surface area (Å²) in [7, 11) is 1.82. The summed E-state index contributed by atoms with van der Waals surface area (Å²) in [6, 6.07) is 8.58. The van der Waals surface area contributed by atoms with Crippen LogP contribution in [0.4, 0.5) is 0 Å². The Morgan fingerprint density at radius 2 is 1.92 bits per heavy atom. The largest absolute Gasteiger partial charge is 0.356 e. The lowest BCUT2D eigenvalue weighted by atomic mass is 10.0. The monoisotopic (exact) mass is 484 g/mol. The predicted octanol–water partition coefficient (Wildman–Crippen LogP) is 4.25. The Labute approximate surface area is 177 Å².